The molecule has 0 radical (unpaired) electrons. The van der Waals surface area contributed by atoms with E-state index in [0.29, 0.717) is 17.9 Å². The molecule has 0 amide bonds. The number of hydrogen-bond donors (Lipinski definition) is 1. The van der Waals surface area contributed by atoms with E-state index in [9.17, 15) is 4.79 Å². The molecule has 0 aliphatic carbocycles. The van der Waals surface area contributed by atoms with Crippen molar-refractivity contribution in [2.75, 3.05) is 12.3 Å². The Morgan fingerprint density at radius 1 is 1.33 bits per heavy atom. The number of pyridine rings is 1. The molecule has 0 saturated carbocycles. The van der Waals surface area contributed by atoms with E-state index >= 15 is 0 Å². The number of nitrogen functional groups attached to an aromatic ring is 1. The molecule has 1 aromatic carbocycles. The first-order valence-corrected chi connectivity index (χ1v) is 7.78. The number of rotatable bonds is 6. The number of esters is 1. The molecule has 21 heavy (non-hydrogen) atoms. The van der Waals surface area contributed by atoms with Gasteiger partial charge in [-0.25, -0.2) is 9.78 Å². The first-order valence-electron chi connectivity index (χ1n) is 6.79. The van der Waals surface area contributed by atoms with Crippen LogP contribution in [0.25, 0.3) is 0 Å². The van der Waals surface area contributed by atoms with E-state index in [2.05, 4.69) is 4.98 Å². The lowest BCUT2D eigenvalue weighted by Gasteiger charge is -2.06. The molecule has 2 rings (SSSR count). The average Bonchev–Trinajstić information content (AvgIpc) is 2.52. The van der Waals surface area contributed by atoms with Crippen molar-refractivity contribution < 1.29 is 9.53 Å². The van der Waals surface area contributed by atoms with Gasteiger partial charge in [0.15, 0.2) is 0 Å². The number of hydrogen-bond acceptors (Lipinski definition) is 5. The van der Waals surface area contributed by atoms with Crippen LogP contribution in [0.15, 0.2) is 47.6 Å². The Morgan fingerprint density at radius 3 is 2.90 bits per heavy atom. The molecule has 0 aliphatic heterocycles. The summed E-state index contributed by atoms with van der Waals surface area (Å²) < 4.78 is 5.14. The minimum Gasteiger partial charge on any atom is -0.462 e. The normalized spacial score (nSPS) is 10.3. The SMILES string of the molecule is CCCOC(=O)c1cccc(CSc2ccc(N)cn2)c1. The topological polar surface area (TPSA) is 65.2 Å². The molecule has 0 saturated heterocycles. The zero-order valence-electron chi connectivity index (χ0n) is 11.9. The summed E-state index contributed by atoms with van der Waals surface area (Å²) in [7, 11) is 0. The number of aromatic nitrogens is 1. The third-order valence-corrected chi connectivity index (χ3v) is 3.76. The molecule has 2 N–H and O–H groups in total. The fourth-order valence-electron chi connectivity index (χ4n) is 1.70. The molecule has 1 heterocycles. The summed E-state index contributed by atoms with van der Waals surface area (Å²) in [6, 6.07) is 11.2. The summed E-state index contributed by atoms with van der Waals surface area (Å²) in [6.45, 7) is 2.42. The van der Waals surface area contributed by atoms with Crippen molar-refractivity contribution in [1.82, 2.24) is 4.98 Å². The van der Waals surface area contributed by atoms with Crippen molar-refractivity contribution in [1.29, 1.82) is 0 Å². The zero-order chi connectivity index (χ0) is 15.1. The van der Waals surface area contributed by atoms with Gasteiger partial charge in [-0.2, -0.15) is 0 Å². The Labute approximate surface area is 128 Å². The maximum absolute atomic E-state index is 11.8. The summed E-state index contributed by atoms with van der Waals surface area (Å²) in [4.78, 5) is 16.0. The number of carbonyl (C=O) groups is 1. The molecular weight excluding hydrogens is 284 g/mol. The van der Waals surface area contributed by atoms with Gasteiger partial charge >= 0.3 is 5.97 Å². The molecule has 0 bridgehead atoms. The quantitative estimate of drug-likeness (QED) is 0.653. The largest absolute Gasteiger partial charge is 0.462 e. The Balaban J connectivity index is 1.97. The summed E-state index contributed by atoms with van der Waals surface area (Å²) in [5.74, 6) is 0.473. The molecular formula is C16H18N2O2S. The van der Waals surface area contributed by atoms with Crippen LogP contribution in [0.5, 0.6) is 0 Å². The number of anilines is 1. The summed E-state index contributed by atoms with van der Waals surface area (Å²) in [6.07, 6.45) is 2.46. The van der Waals surface area contributed by atoms with Gasteiger partial charge in [-0.3, -0.25) is 0 Å². The van der Waals surface area contributed by atoms with Gasteiger partial charge in [0, 0.05) is 5.75 Å². The minimum atomic E-state index is -0.269. The van der Waals surface area contributed by atoms with Crippen LogP contribution in [-0.4, -0.2) is 17.6 Å². The van der Waals surface area contributed by atoms with E-state index < -0.39 is 0 Å². The number of carbonyl (C=O) groups excluding carboxylic acids is 1. The maximum atomic E-state index is 11.8. The molecule has 4 nitrogen and oxygen atoms in total. The fourth-order valence-corrected chi connectivity index (χ4v) is 2.49. The highest BCUT2D eigenvalue weighted by atomic mass is 32.2. The fraction of sp³-hybridized carbons (Fsp3) is 0.250. The zero-order valence-corrected chi connectivity index (χ0v) is 12.7. The molecule has 1 aromatic heterocycles. The average molecular weight is 302 g/mol. The summed E-state index contributed by atoms with van der Waals surface area (Å²) in [5, 5.41) is 0.906. The van der Waals surface area contributed by atoms with E-state index in [0.717, 1.165) is 22.8 Å². The van der Waals surface area contributed by atoms with Crippen molar-refractivity contribution >= 4 is 23.4 Å². The van der Waals surface area contributed by atoms with Crippen molar-refractivity contribution in [2.24, 2.45) is 0 Å². The Morgan fingerprint density at radius 2 is 2.19 bits per heavy atom. The van der Waals surface area contributed by atoms with Crippen LogP contribution in [0.3, 0.4) is 0 Å². The maximum Gasteiger partial charge on any atom is 0.338 e. The van der Waals surface area contributed by atoms with Crippen LogP contribution >= 0.6 is 11.8 Å². The number of thioether (sulfide) groups is 1. The smallest absolute Gasteiger partial charge is 0.338 e. The lowest BCUT2D eigenvalue weighted by molar-refractivity contribution is 0.0505. The van der Waals surface area contributed by atoms with Gasteiger partial charge in [0.1, 0.15) is 0 Å². The predicted octanol–water partition coefficient (Wildman–Crippen LogP) is 3.52. The first kappa shape index (κ1) is 15.4. The molecule has 0 atom stereocenters. The van der Waals surface area contributed by atoms with Crippen LogP contribution in [0, 0.1) is 0 Å². The highest BCUT2D eigenvalue weighted by Crippen LogP contribution is 2.22. The van der Waals surface area contributed by atoms with Crippen LogP contribution in [-0.2, 0) is 10.5 Å². The molecule has 0 unspecified atom stereocenters. The number of nitrogens with zero attached hydrogens (tertiary/aromatic N) is 1. The van der Waals surface area contributed by atoms with Crippen LogP contribution < -0.4 is 5.73 Å². The van der Waals surface area contributed by atoms with Gasteiger partial charge in [-0.15, -0.1) is 11.8 Å². The minimum absolute atomic E-state index is 0.269. The van der Waals surface area contributed by atoms with Gasteiger partial charge in [0.25, 0.3) is 0 Å². The van der Waals surface area contributed by atoms with Gasteiger partial charge in [-0.05, 0) is 36.2 Å². The molecule has 5 heteroatoms. The van der Waals surface area contributed by atoms with E-state index in [4.69, 9.17) is 10.5 Å². The van der Waals surface area contributed by atoms with Gasteiger partial charge in [0.05, 0.1) is 29.1 Å². The number of nitrogens with two attached hydrogens (primary N) is 1. The van der Waals surface area contributed by atoms with Gasteiger partial charge in [0.2, 0.25) is 0 Å². The Hall–Kier alpha value is -2.01. The van der Waals surface area contributed by atoms with Crippen molar-refractivity contribution in [2.45, 2.75) is 24.1 Å². The lowest BCUT2D eigenvalue weighted by atomic mass is 10.1. The number of ether oxygens (including phenoxy) is 1. The third-order valence-electron chi connectivity index (χ3n) is 2.75. The van der Waals surface area contributed by atoms with Crippen molar-refractivity contribution in [3.63, 3.8) is 0 Å². The predicted molar refractivity (Wildman–Crippen MR) is 85.2 cm³/mol. The second-order valence-electron chi connectivity index (χ2n) is 4.55. The summed E-state index contributed by atoms with van der Waals surface area (Å²) >= 11 is 1.60. The van der Waals surface area contributed by atoms with E-state index in [1.165, 1.54) is 0 Å². The monoisotopic (exact) mass is 302 g/mol. The second kappa shape index (κ2) is 7.69. The molecule has 2 aromatic rings. The lowest BCUT2D eigenvalue weighted by Crippen LogP contribution is -2.06. The van der Waals surface area contributed by atoms with Crippen molar-refractivity contribution in [3.8, 4) is 0 Å². The van der Waals surface area contributed by atoms with E-state index in [1.54, 1.807) is 24.0 Å². The van der Waals surface area contributed by atoms with Crippen molar-refractivity contribution in [3.05, 3.63) is 53.7 Å². The molecule has 0 fully saturated rings. The van der Waals surface area contributed by atoms with Crippen LogP contribution in [0.2, 0.25) is 0 Å². The highest BCUT2D eigenvalue weighted by Gasteiger charge is 2.07. The second-order valence-corrected chi connectivity index (χ2v) is 5.55. The van der Waals surface area contributed by atoms with Crippen LogP contribution in [0.4, 0.5) is 5.69 Å². The Kier molecular flexibility index (Phi) is 5.63. The molecule has 0 aliphatic rings. The molecule has 0 spiro atoms. The highest BCUT2D eigenvalue weighted by molar-refractivity contribution is 7.98. The van der Waals surface area contributed by atoms with Crippen LogP contribution in [0.1, 0.15) is 29.3 Å². The Bertz CT molecular complexity index is 599. The third kappa shape index (κ3) is 4.79. The van der Waals surface area contributed by atoms with Gasteiger partial charge < -0.3 is 10.5 Å². The number of benzene rings is 1. The first-order chi connectivity index (χ1) is 10.2. The van der Waals surface area contributed by atoms with E-state index in [1.807, 2.05) is 37.3 Å². The van der Waals surface area contributed by atoms with Gasteiger partial charge in [-0.1, -0.05) is 19.1 Å². The van der Waals surface area contributed by atoms with E-state index in [-0.39, 0.29) is 5.97 Å². The summed E-state index contributed by atoms with van der Waals surface area (Å²) in [5.41, 5.74) is 7.91. The molecule has 110 valence electrons. The standard InChI is InChI=1S/C16H18N2O2S/c1-2-8-20-16(19)13-5-3-4-12(9-13)11-21-15-7-6-14(17)10-18-15/h3-7,9-10H,2,8,11,17H2,1H3.